The number of hydrazine groups is 1. The molecule has 2 heterocycles. The van der Waals surface area contributed by atoms with Crippen molar-refractivity contribution in [1.29, 1.82) is 0 Å². The molecule has 1 saturated heterocycles. The molecule has 2 N–H and O–H groups in total. The summed E-state index contributed by atoms with van der Waals surface area (Å²) in [5.74, 6) is -1.64. The van der Waals surface area contributed by atoms with Crippen LogP contribution in [0, 0.1) is 5.82 Å². The minimum atomic E-state index is -1.36. The van der Waals surface area contributed by atoms with E-state index in [1.54, 1.807) is 6.08 Å². The van der Waals surface area contributed by atoms with Crippen molar-refractivity contribution in [2.75, 3.05) is 34.0 Å². The van der Waals surface area contributed by atoms with Gasteiger partial charge in [-0.25, -0.2) is 13.6 Å². The number of fused-ring (bicyclic) bond motifs is 1. The molecule has 2 aromatic rings. The van der Waals surface area contributed by atoms with Gasteiger partial charge in [0.1, 0.15) is 21.7 Å². The molecule has 206 valence electrons. The van der Waals surface area contributed by atoms with Gasteiger partial charge in [0.15, 0.2) is 12.8 Å². The van der Waals surface area contributed by atoms with E-state index >= 15 is 4.39 Å². The minimum absolute atomic E-state index is 0.0854. The standard InChI is InChI=1S/C29H30BrF2N3O4/c1-34-11-9-19(10-12-34)18-3-5-21(6-4-18)29(30)15-24-20(13-26(29)32)16-35(33-24)27(28(36)37)23-14-22(31)7-8-25(23)39-17-38-2/h3-8,13-16,19,27,33H,9-12,17H2,1-2H3,(H,36,37). The number of carbonyl (C=O) groups is 1. The lowest BCUT2D eigenvalue weighted by molar-refractivity contribution is -0.143. The van der Waals surface area contributed by atoms with Crippen LogP contribution in [0.5, 0.6) is 5.75 Å². The second kappa shape index (κ2) is 11.1. The first-order valence-corrected chi connectivity index (χ1v) is 13.5. The van der Waals surface area contributed by atoms with Crippen LogP contribution in [0.4, 0.5) is 8.78 Å². The van der Waals surface area contributed by atoms with Crippen LogP contribution in [0.1, 0.15) is 41.5 Å². The summed E-state index contributed by atoms with van der Waals surface area (Å²) >= 11 is 3.60. The Kier molecular flexibility index (Phi) is 7.80. The van der Waals surface area contributed by atoms with E-state index < -0.39 is 28.0 Å². The first-order chi connectivity index (χ1) is 18.7. The van der Waals surface area contributed by atoms with E-state index in [1.807, 2.05) is 12.1 Å². The number of methoxy groups -OCH3 is 1. The Morgan fingerprint density at radius 2 is 1.92 bits per heavy atom. The van der Waals surface area contributed by atoms with Crippen LogP contribution in [0.25, 0.3) is 0 Å². The molecule has 1 aliphatic carbocycles. The average molecular weight is 602 g/mol. The number of allylic oxidation sites excluding steroid dienone is 3. The van der Waals surface area contributed by atoms with Gasteiger partial charge in [-0.05, 0) is 80.4 Å². The highest BCUT2D eigenvalue weighted by Gasteiger charge is 2.40. The van der Waals surface area contributed by atoms with Gasteiger partial charge in [-0.15, -0.1) is 0 Å². The number of piperidine rings is 1. The maximum absolute atomic E-state index is 15.6. The molecule has 2 atom stereocenters. The molecule has 2 unspecified atom stereocenters. The Hall–Kier alpha value is -3.21. The molecular formula is C29H30BrF2N3O4. The van der Waals surface area contributed by atoms with E-state index in [0.29, 0.717) is 17.2 Å². The fourth-order valence-corrected chi connectivity index (χ4v) is 5.89. The van der Waals surface area contributed by atoms with E-state index in [4.69, 9.17) is 9.47 Å². The van der Waals surface area contributed by atoms with Crippen molar-refractivity contribution in [3.05, 3.63) is 100 Å². The zero-order valence-corrected chi connectivity index (χ0v) is 23.3. The summed E-state index contributed by atoms with van der Waals surface area (Å²) in [4.78, 5) is 14.7. The van der Waals surface area contributed by atoms with Gasteiger partial charge >= 0.3 is 5.97 Å². The zero-order chi connectivity index (χ0) is 27.7. The van der Waals surface area contributed by atoms with E-state index in [2.05, 4.69) is 45.4 Å². The predicted molar refractivity (Wildman–Crippen MR) is 146 cm³/mol. The van der Waals surface area contributed by atoms with Crippen LogP contribution in [0.15, 0.2) is 77.9 Å². The fraction of sp³-hybridized carbons (Fsp3) is 0.345. The normalized spacial score (nSPS) is 22.4. The summed E-state index contributed by atoms with van der Waals surface area (Å²) in [5.41, 5.74) is 6.09. The number of nitrogens with zero attached hydrogens (tertiary/aromatic N) is 2. The van der Waals surface area contributed by atoms with E-state index in [0.717, 1.165) is 37.6 Å². The lowest BCUT2D eigenvalue weighted by atomic mass is 9.86. The third-order valence-electron chi connectivity index (χ3n) is 7.44. The number of halogens is 3. The third kappa shape index (κ3) is 5.46. The topological polar surface area (TPSA) is 74.3 Å². The summed E-state index contributed by atoms with van der Waals surface area (Å²) in [6.45, 7) is 1.98. The highest BCUT2D eigenvalue weighted by Crippen LogP contribution is 2.47. The van der Waals surface area contributed by atoms with E-state index in [-0.39, 0.29) is 18.1 Å². The van der Waals surface area contributed by atoms with Gasteiger partial charge in [0, 0.05) is 24.4 Å². The number of benzene rings is 2. The van der Waals surface area contributed by atoms with Crippen LogP contribution < -0.4 is 10.2 Å². The van der Waals surface area contributed by atoms with Gasteiger partial charge in [0.25, 0.3) is 0 Å². The smallest absolute Gasteiger partial charge is 0.333 e. The molecule has 0 spiro atoms. The van der Waals surface area contributed by atoms with Crippen LogP contribution in [-0.2, 0) is 13.9 Å². The fourth-order valence-electron chi connectivity index (χ4n) is 5.28. The highest BCUT2D eigenvalue weighted by molar-refractivity contribution is 9.09. The lowest BCUT2D eigenvalue weighted by Gasteiger charge is -2.31. The lowest BCUT2D eigenvalue weighted by Crippen LogP contribution is -2.37. The van der Waals surface area contributed by atoms with Crippen molar-refractivity contribution < 1.29 is 28.2 Å². The zero-order valence-electron chi connectivity index (χ0n) is 21.7. The molecule has 5 rings (SSSR count). The van der Waals surface area contributed by atoms with Gasteiger partial charge in [-0.2, -0.15) is 0 Å². The molecule has 0 bridgehead atoms. The number of rotatable bonds is 8. The Morgan fingerprint density at radius 3 is 2.59 bits per heavy atom. The molecule has 10 heteroatoms. The van der Waals surface area contributed by atoms with Crippen molar-refractivity contribution in [2.45, 2.75) is 29.1 Å². The van der Waals surface area contributed by atoms with Crippen LogP contribution in [0.2, 0.25) is 0 Å². The van der Waals surface area contributed by atoms with Crippen molar-refractivity contribution in [3.8, 4) is 5.75 Å². The largest absolute Gasteiger partial charge is 0.479 e. The summed E-state index contributed by atoms with van der Waals surface area (Å²) < 4.78 is 39.0. The Balaban J connectivity index is 1.41. The quantitative estimate of drug-likeness (QED) is 0.306. The number of carboxylic acids is 1. The maximum atomic E-state index is 15.6. The Bertz CT molecular complexity index is 1340. The summed E-state index contributed by atoms with van der Waals surface area (Å²) in [7, 11) is 3.56. The number of likely N-dealkylation sites (tertiary alicyclic amines) is 1. The van der Waals surface area contributed by atoms with Gasteiger partial charge in [-0.3, -0.25) is 10.4 Å². The van der Waals surface area contributed by atoms with Crippen molar-refractivity contribution >= 4 is 21.9 Å². The van der Waals surface area contributed by atoms with Gasteiger partial charge in [0.05, 0.1) is 5.70 Å². The molecule has 0 amide bonds. The molecule has 39 heavy (non-hydrogen) atoms. The minimum Gasteiger partial charge on any atom is -0.479 e. The highest BCUT2D eigenvalue weighted by atomic mass is 79.9. The second-order valence-corrected chi connectivity index (χ2v) is 11.3. The van der Waals surface area contributed by atoms with Gasteiger partial charge < -0.3 is 19.5 Å². The Morgan fingerprint density at radius 1 is 1.21 bits per heavy atom. The predicted octanol–water partition coefficient (Wildman–Crippen LogP) is 5.49. The maximum Gasteiger partial charge on any atom is 0.333 e. The summed E-state index contributed by atoms with van der Waals surface area (Å²) in [6, 6.07) is 10.3. The molecule has 2 aliphatic heterocycles. The number of hydrogen-bond acceptors (Lipinski definition) is 6. The molecule has 0 radical (unpaired) electrons. The summed E-state index contributed by atoms with van der Waals surface area (Å²) in [5, 5.41) is 11.4. The van der Waals surface area contributed by atoms with Crippen LogP contribution in [0.3, 0.4) is 0 Å². The van der Waals surface area contributed by atoms with Crippen molar-refractivity contribution in [2.24, 2.45) is 0 Å². The van der Waals surface area contributed by atoms with E-state index in [1.165, 1.54) is 42.1 Å². The SMILES string of the molecule is COCOc1ccc(F)cc1C(C(=O)O)N1C=C2C=C(F)C(Br)(c3ccc(C4CCN(C)CC4)cc3)C=C2N1. The molecular weight excluding hydrogens is 572 g/mol. The summed E-state index contributed by atoms with van der Waals surface area (Å²) in [6.07, 6.45) is 6.73. The number of carboxylic acid groups (broad SMARTS) is 1. The number of hydrogen-bond donors (Lipinski definition) is 2. The molecule has 0 saturated carbocycles. The number of aliphatic carboxylic acids is 1. The first-order valence-electron chi connectivity index (χ1n) is 12.7. The van der Waals surface area contributed by atoms with Crippen molar-refractivity contribution in [1.82, 2.24) is 15.3 Å². The number of alkyl halides is 1. The van der Waals surface area contributed by atoms with Gasteiger partial charge in [-0.1, -0.05) is 40.2 Å². The third-order valence-corrected chi connectivity index (χ3v) is 8.51. The number of nitrogens with one attached hydrogen (secondary N) is 1. The van der Waals surface area contributed by atoms with Gasteiger partial charge in [0.2, 0.25) is 0 Å². The molecule has 1 fully saturated rings. The first kappa shape index (κ1) is 27.4. The monoisotopic (exact) mass is 601 g/mol. The van der Waals surface area contributed by atoms with Crippen LogP contribution >= 0.6 is 15.9 Å². The molecule has 3 aliphatic rings. The molecule has 7 nitrogen and oxygen atoms in total. The molecule has 2 aromatic carbocycles. The molecule has 0 aromatic heterocycles. The number of ether oxygens (including phenoxy) is 2. The average Bonchev–Trinajstić information content (AvgIpc) is 3.30. The van der Waals surface area contributed by atoms with Crippen molar-refractivity contribution in [3.63, 3.8) is 0 Å². The Labute approximate surface area is 234 Å². The second-order valence-electron chi connectivity index (χ2n) is 10.0. The van der Waals surface area contributed by atoms with E-state index in [9.17, 15) is 14.3 Å². The van der Waals surface area contributed by atoms with Crippen LogP contribution in [-0.4, -0.2) is 55.0 Å².